The first-order valence-electron chi connectivity index (χ1n) is 4.52. The number of anilines is 1. The summed E-state index contributed by atoms with van der Waals surface area (Å²) < 4.78 is 5.33. The molecule has 0 aliphatic rings. The standard InChI is InChI=1S/C10H15NOSi/c1-3-12-13-9(2)11-10-7-5-4-6-8-10/h4-9,11H,3H2,1-2H3. The van der Waals surface area contributed by atoms with Crippen LogP contribution in [-0.2, 0) is 4.43 Å². The van der Waals surface area contributed by atoms with Gasteiger partial charge in [0.2, 0.25) is 0 Å². The molecule has 0 aliphatic carbocycles. The summed E-state index contributed by atoms with van der Waals surface area (Å²) in [4.78, 5) is 0. The molecule has 1 aromatic rings. The Balaban J connectivity index is 2.32. The molecule has 0 aromatic heterocycles. The molecule has 0 saturated carbocycles. The van der Waals surface area contributed by atoms with Gasteiger partial charge in [0.1, 0.15) is 0 Å². The monoisotopic (exact) mass is 193 g/mol. The Kier molecular flexibility index (Phi) is 4.57. The molecule has 1 N–H and O–H groups in total. The average Bonchev–Trinajstić information content (AvgIpc) is 2.16. The first-order chi connectivity index (χ1) is 6.33. The van der Waals surface area contributed by atoms with Crippen LogP contribution < -0.4 is 5.32 Å². The second kappa shape index (κ2) is 5.78. The number of para-hydroxylation sites is 1. The van der Waals surface area contributed by atoms with Crippen LogP contribution >= 0.6 is 0 Å². The Morgan fingerprint density at radius 1 is 1.38 bits per heavy atom. The van der Waals surface area contributed by atoms with Gasteiger partial charge >= 0.3 is 0 Å². The second-order valence-electron chi connectivity index (χ2n) is 2.78. The summed E-state index contributed by atoms with van der Waals surface area (Å²) in [6.07, 6.45) is 0. The third kappa shape index (κ3) is 4.10. The first-order valence-corrected chi connectivity index (χ1v) is 5.50. The zero-order valence-electron chi connectivity index (χ0n) is 8.08. The molecule has 0 aliphatic heterocycles. The van der Waals surface area contributed by atoms with E-state index in [9.17, 15) is 0 Å². The normalized spacial score (nSPS) is 12.5. The lowest BCUT2D eigenvalue weighted by Crippen LogP contribution is -2.24. The van der Waals surface area contributed by atoms with Crippen molar-refractivity contribution in [2.75, 3.05) is 11.9 Å². The third-order valence-corrected chi connectivity index (χ3v) is 2.51. The highest BCUT2D eigenvalue weighted by Gasteiger charge is 2.02. The molecule has 1 aromatic carbocycles. The SMILES string of the molecule is CCO[Si]C(C)Nc1ccccc1. The predicted octanol–water partition coefficient (Wildman–Crippen LogP) is 2.10. The molecule has 1 unspecified atom stereocenters. The third-order valence-electron chi connectivity index (χ3n) is 1.56. The molecular weight excluding hydrogens is 178 g/mol. The molecule has 0 heterocycles. The Morgan fingerprint density at radius 3 is 2.69 bits per heavy atom. The fourth-order valence-corrected chi connectivity index (χ4v) is 1.66. The van der Waals surface area contributed by atoms with Crippen molar-refractivity contribution in [3.8, 4) is 0 Å². The zero-order valence-corrected chi connectivity index (χ0v) is 9.08. The van der Waals surface area contributed by atoms with Crippen LogP contribution in [0, 0.1) is 0 Å². The van der Waals surface area contributed by atoms with Crippen LogP contribution in [0.15, 0.2) is 30.3 Å². The molecule has 13 heavy (non-hydrogen) atoms. The van der Waals surface area contributed by atoms with Gasteiger partial charge in [-0.2, -0.15) is 0 Å². The number of benzene rings is 1. The summed E-state index contributed by atoms with van der Waals surface area (Å²) in [5.41, 5.74) is 1.55. The van der Waals surface area contributed by atoms with Gasteiger partial charge in [-0.05, 0) is 26.0 Å². The maximum Gasteiger partial charge on any atom is 0.254 e. The molecular formula is C10H15NOSi. The van der Waals surface area contributed by atoms with Gasteiger partial charge in [0.05, 0.1) is 0 Å². The van der Waals surface area contributed by atoms with Crippen molar-refractivity contribution >= 4 is 15.5 Å². The van der Waals surface area contributed by atoms with Gasteiger partial charge in [-0.1, -0.05) is 18.2 Å². The molecule has 2 radical (unpaired) electrons. The summed E-state index contributed by atoms with van der Waals surface area (Å²) in [7, 11) is 0.520. The molecule has 0 amide bonds. The number of nitrogens with one attached hydrogen (secondary N) is 1. The van der Waals surface area contributed by atoms with Crippen molar-refractivity contribution in [1.29, 1.82) is 0 Å². The molecule has 1 atom stereocenters. The van der Waals surface area contributed by atoms with Gasteiger partial charge in [0, 0.05) is 18.0 Å². The minimum absolute atomic E-state index is 0.391. The van der Waals surface area contributed by atoms with Crippen LogP contribution in [0.1, 0.15) is 13.8 Å². The topological polar surface area (TPSA) is 21.3 Å². The lowest BCUT2D eigenvalue weighted by Gasteiger charge is -2.12. The van der Waals surface area contributed by atoms with Crippen molar-refractivity contribution in [1.82, 2.24) is 0 Å². The van der Waals surface area contributed by atoms with Crippen molar-refractivity contribution in [2.45, 2.75) is 19.5 Å². The van der Waals surface area contributed by atoms with Gasteiger partial charge < -0.3 is 9.74 Å². The van der Waals surface area contributed by atoms with Gasteiger partial charge in [-0.3, -0.25) is 0 Å². The van der Waals surface area contributed by atoms with Crippen LogP contribution in [0.25, 0.3) is 0 Å². The van der Waals surface area contributed by atoms with E-state index in [-0.39, 0.29) is 0 Å². The molecule has 0 saturated heterocycles. The van der Waals surface area contributed by atoms with Crippen LogP contribution in [0.3, 0.4) is 0 Å². The molecule has 70 valence electrons. The van der Waals surface area contributed by atoms with Gasteiger partial charge in [-0.25, -0.2) is 0 Å². The van der Waals surface area contributed by atoms with E-state index >= 15 is 0 Å². The van der Waals surface area contributed by atoms with E-state index in [4.69, 9.17) is 4.43 Å². The Bertz CT molecular complexity index is 228. The van der Waals surface area contributed by atoms with E-state index < -0.39 is 0 Å². The highest BCUT2D eigenvalue weighted by Crippen LogP contribution is 2.06. The summed E-state index contributed by atoms with van der Waals surface area (Å²) >= 11 is 0. The van der Waals surface area contributed by atoms with E-state index in [1.165, 1.54) is 0 Å². The van der Waals surface area contributed by atoms with Gasteiger partial charge in [0.15, 0.2) is 0 Å². The molecule has 0 bridgehead atoms. The summed E-state index contributed by atoms with van der Waals surface area (Å²) in [6, 6.07) is 10.2. The first kappa shape index (κ1) is 10.3. The second-order valence-corrected chi connectivity index (χ2v) is 4.17. The van der Waals surface area contributed by atoms with Crippen LogP contribution in [0.5, 0.6) is 0 Å². The minimum Gasteiger partial charge on any atom is -0.416 e. The van der Waals surface area contributed by atoms with E-state index in [1.807, 2.05) is 25.1 Å². The van der Waals surface area contributed by atoms with Crippen molar-refractivity contribution in [3.05, 3.63) is 30.3 Å². The molecule has 2 nitrogen and oxygen atoms in total. The van der Waals surface area contributed by atoms with Crippen molar-refractivity contribution in [2.24, 2.45) is 0 Å². The van der Waals surface area contributed by atoms with Crippen LogP contribution in [-0.4, -0.2) is 22.0 Å². The van der Waals surface area contributed by atoms with Crippen LogP contribution in [0.4, 0.5) is 5.69 Å². The average molecular weight is 193 g/mol. The molecule has 0 spiro atoms. The van der Waals surface area contributed by atoms with E-state index in [0.29, 0.717) is 15.4 Å². The number of rotatable bonds is 5. The molecule has 1 rings (SSSR count). The van der Waals surface area contributed by atoms with E-state index in [0.717, 1.165) is 12.3 Å². The Morgan fingerprint density at radius 2 is 2.08 bits per heavy atom. The van der Waals surface area contributed by atoms with E-state index in [2.05, 4.69) is 24.4 Å². The largest absolute Gasteiger partial charge is 0.416 e. The quantitative estimate of drug-likeness (QED) is 0.723. The number of hydrogen-bond acceptors (Lipinski definition) is 2. The van der Waals surface area contributed by atoms with Crippen LogP contribution in [0.2, 0.25) is 0 Å². The molecule has 3 heteroatoms. The Hall–Kier alpha value is -0.803. The fraction of sp³-hybridized carbons (Fsp3) is 0.400. The number of hydrogen-bond donors (Lipinski definition) is 1. The van der Waals surface area contributed by atoms with Crippen molar-refractivity contribution in [3.63, 3.8) is 0 Å². The van der Waals surface area contributed by atoms with Gasteiger partial charge in [-0.15, -0.1) is 0 Å². The Labute approximate surface area is 82.3 Å². The summed E-state index contributed by atoms with van der Waals surface area (Å²) in [6.45, 7) is 4.93. The summed E-state index contributed by atoms with van der Waals surface area (Å²) in [5.74, 6) is 0. The smallest absolute Gasteiger partial charge is 0.254 e. The highest BCUT2D eigenvalue weighted by molar-refractivity contribution is 6.30. The maximum absolute atomic E-state index is 5.33. The van der Waals surface area contributed by atoms with E-state index in [1.54, 1.807) is 0 Å². The van der Waals surface area contributed by atoms with Crippen molar-refractivity contribution < 1.29 is 4.43 Å². The highest BCUT2D eigenvalue weighted by atomic mass is 28.2. The maximum atomic E-state index is 5.33. The molecule has 0 fully saturated rings. The lowest BCUT2D eigenvalue weighted by molar-refractivity contribution is 0.356. The fourth-order valence-electron chi connectivity index (χ4n) is 1.02. The minimum atomic E-state index is 0.391. The zero-order chi connectivity index (χ0) is 9.52. The summed E-state index contributed by atoms with van der Waals surface area (Å²) in [5, 5.41) is 3.36. The lowest BCUT2D eigenvalue weighted by atomic mass is 10.3. The predicted molar refractivity (Wildman–Crippen MR) is 56.9 cm³/mol. The van der Waals surface area contributed by atoms with Gasteiger partial charge in [0.25, 0.3) is 9.76 Å².